The van der Waals surface area contributed by atoms with Crippen molar-refractivity contribution in [3.63, 3.8) is 0 Å². The number of nitrogens with two attached hydrogens (primary N) is 1. The minimum atomic E-state index is -1.53. The third-order valence-corrected chi connectivity index (χ3v) is 2.57. The predicted molar refractivity (Wildman–Crippen MR) is 63.2 cm³/mol. The smallest absolute Gasteiger partial charge is 0.336 e. The fourth-order valence-electron chi connectivity index (χ4n) is 1.50. The van der Waals surface area contributed by atoms with E-state index in [-0.39, 0.29) is 16.1 Å². The van der Waals surface area contributed by atoms with Crippen LogP contribution in [0.2, 0.25) is 5.02 Å². The number of aromatic carboxylic acids is 1. The summed E-state index contributed by atoms with van der Waals surface area (Å²) in [6.45, 7) is 0. The van der Waals surface area contributed by atoms with E-state index in [0.717, 1.165) is 6.07 Å². The van der Waals surface area contributed by atoms with Gasteiger partial charge in [0, 0.05) is 5.02 Å². The molecule has 5 N–H and O–H groups in total. The molecule has 0 saturated heterocycles. The average Bonchev–Trinajstić information content (AvgIpc) is 2.26. The highest BCUT2D eigenvalue weighted by atomic mass is 35.5. The summed E-state index contributed by atoms with van der Waals surface area (Å²) in [5.74, 6) is -2.09. The van der Waals surface area contributed by atoms with Crippen LogP contribution in [0.4, 0.5) is 0 Å². The maximum Gasteiger partial charge on any atom is 0.336 e. The lowest BCUT2D eigenvalue weighted by Gasteiger charge is -2.18. The van der Waals surface area contributed by atoms with Gasteiger partial charge in [0.15, 0.2) is 0 Å². The van der Waals surface area contributed by atoms with Crippen molar-refractivity contribution in [1.29, 1.82) is 0 Å². The number of hydrogen-bond acceptors (Lipinski definition) is 4. The molecule has 0 aromatic heterocycles. The normalized spacial score (nSPS) is 13.9. The topological polar surface area (TPSA) is 121 Å². The van der Waals surface area contributed by atoms with Crippen LogP contribution in [0.1, 0.15) is 28.4 Å². The van der Waals surface area contributed by atoms with Gasteiger partial charge in [-0.2, -0.15) is 0 Å². The van der Waals surface area contributed by atoms with Crippen LogP contribution in [0.3, 0.4) is 0 Å². The second kappa shape index (κ2) is 5.81. The van der Waals surface area contributed by atoms with Crippen molar-refractivity contribution in [1.82, 2.24) is 0 Å². The molecule has 1 amide bonds. The molecule has 0 aliphatic carbocycles. The van der Waals surface area contributed by atoms with Crippen LogP contribution in [0.25, 0.3) is 0 Å². The molecule has 2 unspecified atom stereocenters. The molecule has 1 aromatic rings. The van der Waals surface area contributed by atoms with Crippen LogP contribution in [-0.4, -0.2) is 33.3 Å². The Balaban J connectivity index is 3.08. The van der Waals surface area contributed by atoms with Gasteiger partial charge in [-0.15, -0.1) is 0 Å². The maximum absolute atomic E-state index is 11.0. The van der Waals surface area contributed by atoms with Crippen LogP contribution in [0.15, 0.2) is 18.2 Å². The SMILES string of the molecule is NC(=O)CC(O)C(O)c1ccc(Cl)cc1C(=O)O. The van der Waals surface area contributed by atoms with Crippen molar-refractivity contribution in [2.45, 2.75) is 18.6 Å². The molecule has 0 bridgehead atoms. The van der Waals surface area contributed by atoms with Crippen LogP contribution in [0.5, 0.6) is 0 Å². The zero-order valence-electron chi connectivity index (χ0n) is 9.21. The summed E-state index contributed by atoms with van der Waals surface area (Å²) in [6, 6.07) is 3.81. The van der Waals surface area contributed by atoms with E-state index in [0.29, 0.717) is 0 Å². The first-order valence-corrected chi connectivity index (χ1v) is 5.38. The Labute approximate surface area is 108 Å². The van der Waals surface area contributed by atoms with Gasteiger partial charge in [0.25, 0.3) is 0 Å². The second-order valence-corrected chi connectivity index (χ2v) is 4.16. The molecule has 0 aliphatic heterocycles. The fourth-order valence-corrected chi connectivity index (χ4v) is 1.67. The lowest BCUT2D eigenvalue weighted by Crippen LogP contribution is -2.26. The average molecular weight is 274 g/mol. The van der Waals surface area contributed by atoms with Gasteiger partial charge in [-0.1, -0.05) is 17.7 Å². The lowest BCUT2D eigenvalue weighted by atomic mass is 9.97. The van der Waals surface area contributed by atoms with Crippen molar-refractivity contribution in [2.24, 2.45) is 5.73 Å². The number of benzene rings is 1. The van der Waals surface area contributed by atoms with Crippen molar-refractivity contribution in [3.8, 4) is 0 Å². The molecule has 98 valence electrons. The number of primary amides is 1. The van der Waals surface area contributed by atoms with Crippen LogP contribution < -0.4 is 5.73 Å². The number of hydrogen-bond donors (Lipinski definition) is 4. The lowest BCUT2D eigenvalue weighted by molar-refractivity contribution is -0.121. The molecule has 0 aliphatic rings. The summed E-state index contributed by atoms with van der Waals surface area (Å²) in [5.41, 5.74) is 4.62. The van der Waals surface area contributed by atoms with Crippen molar-refractivity contribution >= 4 is 23.5 Å². The predicted octanol–water partition coefficient (Wildman–Crippen LogP) is 0.308. The zero-order valence-corrected chi connectivity index (χ0v) is 9.96. The third-order valence-electron chi connectivity index (χ3n) is 2.34. The quantitative estimate of drug-likeness (QED) is 0.615. The number of carbonyl (C=O) groups excluding carboxylic acids is 1. The molecule has 0 saturated carbocycles. The van der Waals surface area contributed by atoms with Gasteiger partial charge < -0.3 is 21.1 Å². The molecule has 0 spiro atoms. The van der Waals surface area contributed by atoms with E-state index in [2.05, 4.69) is 0 Å². The molecular formula is C11H12ClNO5. The first-order valence-electron chi connectivity index (χ1n) is 5.00. The van der Waals surface area contributed by atoms with Crippen molar-refractivity contribution in [2.75, 3.05) is 0 Å². The summed E-state index contributed by atoms with van der Waals surface area (Å²) in [7, 11) is 0. The molecule has 2 atom stereocenters. The van der Waals surface area contributed by atoms with E-state index in [1.807, 2.05) is 0 Å². The molecule has 7 heteroatoms. The summed E-state index contributed by atoms with van der Waals surface area (Å²) < 4.78 is 0. The van der Waals surface area contributed by atoms with Gasteiger partial charge in [-0.05, 0) is 17.7 Å². The van der Waals surface area contributed by atoms with Gasteiger partial charge >= 0.3 is 5.97 Å². The Hall–Kier alpha value is -1.63. The summed E-state index contributed by atoms with van der Waals surface area (Å²) >= 11 is 5.65. The zero-order chi connectivity index (χ0) is 13.9. The van der Waals surface area contributed by atoms with E-state index < -0.39 is 30.5 Å². The van der Waals surface area contributed by atoms with Crippen LogP contribution in [-0.2, 0) is 4.79 Å². The number of amides is 1. The second-order valence-electron chi connectivity index (χ2n) is 3.72. The third kappa shape index (κ3) is 3.43. The fraction of sp³-hybridized carbons (Fsp3) is 0.273. The van der Waals surface area contributed by atoms with Gasteiger partial charge in [0.05, 0.1) is 18.1 Å². The van der Waals surface area contributed by atoms with Crippen molar-refractivity contribution in [3.05, 3.63) is 34.3 Å². The summed E-state index contributed by atoms with van der Waals surface area (Å²) in [5, 5.41) is 28.5. The Bertz CT molecular complexity index is 477. The number of rotatable bonds is 5. The van der Waals surface area contributed by atoms with Gasteiger partial charge in [-0.3, -0.25) is 4.79 Å². The number of carboxylic acids is 1. The van der Waals surface area contributed by atoms with Crippen molar-refractivity contribution < 1.29 is 24.9 Å². The summed E-state index contributed by atoms with van der Waals surface area (Å²) in [6.07, 6.45) is -3.47. The van der Waals surface area contributed by atoms with E-state index in [4.69, 9.17) is 22.4 Å². The van der Waals surface area contributed by atoms with Gasteiger partial charge in [0.1, 0.15) is 6.10 Å². The summed E-state index contributed by atoms with van der Waals surface area (Å²) in [4.78, 5) is 21.6. The number of carbonyl (C=O) groups is 2. The maximum atomic E-state index is 11.0. The molecule has 6 nitrogen and oxygen atoms in total. The molecule has 18 heavy (non-hydrogen) atoms. The minimum Gasteiger partial charge on any atom is -0.478 e. The van der Waals surface area contributed by atoms with Gasteiger partial charge in [0.2, 0.25) is 5.91 Å². The van der Waals surface area contributed by atoms with Crippen LogP contribution >= 0.6 is 11.6 Å². The highest BCUT2D eigenvalue weighted by Gasteiger charge is 2.25. The largest absolute Gasteiger partial charge is 0.478 e. The standard InChI is InChI=1S/C11H12ClNO5/c12-5-1-2-6(7(3-5)11(17)18)10(16)8(14)4-9(13)15/h1-3,8,10,14,16H,4H2,(H2,13,15)(H,17,18). The molecule has 1 aromatic carbocycles. The number of carboxylic acid groups (broad SMARTS) is 1. The van der Waals surface area contributed by atoms with E-state index in [9.17, 15) is 19.8 Å². The van der Waals surface area contributed by atoms with Crippen LogP contribution in [0, 0.1) is 0 Å². The monoisotopic (exact) mass is 273 g/mol. The molecule has 1 rings (SSSR count). The Morgan fingerprint density at radius 1 is 1.33 bits per heavy atom. The molecule has 0 fully saturated rings. The highest BCUT2D eigenvalue weighted by Crippen LogP contribution is 2.25. The van der Waals surface area contributed by atoms with E-state index in [1.54, 1.807) is 0 Å². The Kier molecular flexibility index (Phi) is 4.66. The number of aliphatic hydroxyl groups is 2. The molecule has 0 radical (unpaired) electrons. The number of aliphatic hydroxyl groups excluding tert-OH is 2. The molecular weight excluding hydrogens is 262 g/mol. The molecule has 0 heterocycles. The Morgan fingerprint density at radius 3 is 2.44 bits per heavy atom. The first-order chi connectivity index (χ1) is 8.32. The van der Waals surface area contributed by atoms with Gasteiger partial charge in [-0.25, -0.2) is 4.79 Å². The minimum absolute atomic E-state index is 0.0272. The van der Waals surface area contributed by atoms with E-state index in [1.165, 1.54) is 12.1 Å². The first kappa shape index (κ1) is 14.4. The number of halogens is 1. The van der Waals surface area contributed by atoms with E-state index >= 15 is 0 Å². The Morgan fingerprint density at radius 2 is 1.94 bits per heavy atom. The highest BCUT2D eigenvalue weighted by molar-refractivity contribution is 6.31.